The van der Waals surface area contributed by atoms with Gasteiger partial charge in [-0.3, -0.25) is 0 Å². The van der Waals surface area contributed by atoms with Gasteiger partial charge in [0.25, 0.3) is 0 Å². The summed E-state index contributed by atoms with van der Waals surface area (Å²) in [5.41, 5.74) is 2.27. The third kappa shape index (κ3) is 12.2. The number of alkyl halides is 1. The van der Waals surface area contributed by atoms with Gasteiger partial charge in [0.2, 0.25) is 0 Å². The van der Waals surface area contributed by atoms with E-state index in [9.17, 15) is 0 Å². The smallest absolute Gasteiger partial charge is 0.159 e. The minimum atomic E-state index is 0.315. The second kappa shape index (κ2) is 17.8. The third-order valence-electron chi connectivity index (χ3n) is 6.51. The van der Waals surface area contributed by atoms with Gasteiger partial charge in [-0.05, 0) is 74.3 Å². The molecule has 4 heteroatoms. The average molecular weight is 487 g/mol. The first-order chi connectivity index (χ1) is 16.6. The number of rotatable bonds is 19. The number of unbranched alkanes of at least 4 members (excludes halogenated alkanes) is 7. The predicted molar refractivity (Wildman–Crippen MR) is 147 cm³/mol. The van der Waals surface area contributed by atoms with Crippen LogP contribution in [0.1, 0.15) is 110 Å². The first-order valence-electron chi connectivity index (χ1n) is 13.8. The number of aromatic nitrogens is 2. The molecule has 0 aliphatic heterocycles. The zero-order valence-electron chi connectivity index (χ0n) is 21.9. The second-order valence-corrected chi connectivity index (χ2v) is 10.5. The maximum atomic E-state index is 6.37. The van der Waals surface area contributed by atoms with Crippen LogP contribution in [0.25, 0.3) is 11.4 Å². The van der Waals surface area contributed by atoms with Gasteiger partial charge in [0.15, 0.2) is 5.82 Å². The molecule has 0 radical (unpaired) electrons. The Balaban J connectivity index is 1.64. The second-order valence-electron chi connectivity index (χ2n) is 9.88. The number of nitrogens with zero attached hydrogens (tertiary/aromatic N) is 2. The highest BCUT2D eigenvalue weighted by atomic mass is 35.5. The van der Waals surface area contributed by atoms with Crippen LogP contribution in [0.3, 0.4) is 0 Å². The van der Waals surface area contributed by atoms with Crippen LogP contribution in [0.4, 0.5) is 0 Å². The predicted octanol–water partition coefficient (Wildman–Crippen LogP) is 9.42. The quantitative estimate of drug-likeness (QED) is 0.146. The monoisotopic (exact) mass is 486 g/mol. The maximum Gasteiger partial charge on any atom is 0.159 e. The Morgan fingerprint density at radius 3 is 2.09 bits per heavy atom. The topological polar surface area (TPSA) is 35.0 Å². The number of aryl methyl sites for hydroxylation is 1. The van der Waals surface area contributed by atoms with Crippen LogP contribution in [0.2, 0.25) is 0 Å². The zero-order valence-corrected chi connectivity index (χ0v) is 22.7. The highest BCUT2D eigenvalue weighted by Crippen LogP contribution is 2.22. The van der Waals surface area contributed by atoms with E-state index in [4.69, 9.17) is 16.3 Å². The summed E-state index contributed by atoms with van der Waals surface area (Å²) in [6, 6.07) is 8.14. The molecule has 3 nitrogen and oxygen atoms in total. The molecule has 1 aromatic heterocycles. The number of hydrogen-bond donors (Lipinski definition) is 0. The van der Waals surface area contributed by atoms with Crippen molar-refractivity contribution in [1.29, 1.82) is 0 Å². The molecular weight excluding hydrogens is 440 g/mol. The lowest BCUT2D eigenvalue weighted by Crippen LogP contribution is -2.07. The molecule has 0 bridgehead atoms. The largest absolute Gasteiger partial charge is 0.494 e. The van der Waals surface area contributed by atoms with E-state index in [1.165, 1.54) is 56.9 Å². The Kier molecular flexibility index (Phi) is 15.0. The first kappa shape index (κ1) is 28.6. The van der Waals surface area contributed by atoms with Crippen molar-refractivity contribution in [3.05, 3.63) is 42.2 Å². The number of benzene rings is 1. The molecule has 190 valence electrons. The molecule has 0 fully saturated rings. The Morgan fingerprint density at radius 2 is 1.44 bits per heavy atom. The van der Waals surface area contributed by atoms with Gasteiger partial charge in [0.05, 0.1) is 6.61 Å². The van der Waals surface area contributed by atoms with Gasteiger partial charge in [-0.25, -0.2) is 9.97 Å². The maximum absolute atomic E-state index is 6.37. The summed E-state index contributed by atoms with van der Waals surface area (Å²) in [6.07, 6.45) is 21.4. The lowest BCUT2D eigenvalue weighted by atomic mass is 9.98. The lowest BCUT2D eigenvalue weighted by Gasteiger charge is -2.15. The average Bonchev–Trinajstić information content (AvgIpc) is 2.84. The van der Waals surface area contributed by atoms with Crippen LogP contribution >= 0.6 is 11.6 Å². The molecule has 2 aromatic rings. The van der Waals surface area contributed by atoms with Crippen molar-refractivity contribution in [2.75, 3.05) is 6.61 Å². The molecule has 0 N–H and O–H groups in total. The summed E-state index contributed by atoms with van der Waals surface area (Å²) in [5.74, 6) is 2.34. The molecule has 1 heterocycles. The Bertz CT molecular complexity index is 747. The minimum Gasteiger partial charge on any atom is -0.494 e. The van der Waals surface area contributed by atoms with E-state index >= 15 is 0 Å². The van der Waals surface area contributed by atoms with Crippen LogP contribution in [0.5, 0.6) is 5.75 Å². The summed E-state index contributed by atoms with van der Waals surface area (Å²) >= 11 is 6.37. The van der Waals surface area contributed by atoms with E-state index in [0.29, 0.717) is 11.3 Å². The number of ether oxygens (including phenoxy) is 1. The fraction of sp³-hybridized carbons (Fsp3) is 0.667. The standard InChI is InChI=1S/C30H47ClN2O/c1-4-6-7-8-9-10-11-12-16-26-23-32-30(33-24-26)27-17-19-29(20-18-27)34-21-13-15-25(3)22-28(31)14-5-2/h17-20,23-25,28H,4-16,21-22H2,1-3H3. The van der Waals surface area contributed by atoms with E-state index in [1.807, 2.05) is 36.7 Å². The number of halogens is 1. The fourth-order valence-corrected chi connectivity index (χ4v) is 4.93. The van der Waals surface area contributed by atoms with Crippen molar-refractivity contribution < 1.29 is 4.74 Å². The molecule has 0 aliphatic carbocycles. The van der Waals surface area contributed by atoms with E-state index in [-0.39, 0.29) is 0 Å². The zero-order chi connectivity index (χ0) is 24.4. The molecule has 34 heavy (non-hydrogen) atoms. The van der Waals surface area contributed by atoms with E-state index in [1.54, 1.807) is 0 Å². The van der Waals surface area contributed by atoms with Crippen molar-refractivity contribution in [3.63, 3.8) is 0 Å². The van der Waals surface area contributed by atoms with Crippen molar-refractivity contribution in [1.82, 2.24) is 9.97 Å². The van der Waals surface area contributed by atoms with Gasteiger partial charge in [-0.1, -0.05) is 72.1 Å². The van der Waals surface area contributed by atoms with Crippen molar-refractivity contribution in [2.24, 2.45) is 5.92 Å². The van der Waals surface area contributed by atoms with Gasteiger partial charge in [-0.15, -0.1) is 11.6 Å². The molecule has 0 spiro atoms. The Morgan fingerprint density at radius 1 is 0.794 bits per heavy atom. The number of hydrogen-bond acceptors (Lipinski definition) is 3. The Hall–Kier alpha value is -1.61. The molecule has 2 unspecified atom stereocenters. The summed E-state index contributed by atoms with van der Waals surface area (Å²) < 4.78 is 5.94. The van der Waals surface area contributed by atoms with Crippen LogP contribution in [-0.4, -0.2) is 22.0 Å². The third-order valence-corrected chi connectivity index (χ3v) is 6.90. The van der Waals surface area contributed by atoms with Crippen LogP contribution in [0.15, 0.2) is 36.7 Å². The van der Waals surface area contributed by atoms with E-state index < -0.39 is 0 Å². The molecule has 0 aliphatic rings. The van der Waals surface area contributed by atoms with Crippen LogP contribution in [-0.2, 0) is 6.42 Å². The van der Waals surface area contributed by atoms with E-state index in [0.717, 1.165) is 62.3 Å². The highest BCUT2D eigenvalue weighted by molar-refractivity contribution is 6.20. The van der Waals surface area contributed by atoms with Gasteiger partial charge < -0.3 is 4.74 Å². The molecule has 0 saturated heterocycles. The van der Waals surface area contributed by atoms with Crippen molar-refractivity contribution in [2.45, 2.75) is 116 Å². The Labute approximate surface area is 214 Å². The molecule has 2 rings (SSSR count). The summed E-state index contributed by atoms with van der Waals surface area (Å²) in [4.78, 5) is 9.19. The SMILES string of the molecule is CCCCCCCCCCc1cnc(-c2ccc(OCCCC(C)CC(Cl)CCC)cc2)nc1. The van der Waals surface area contributed by atoms with Crippen LogP contribution < -0.4 is 4.74 Å². The summed E-state index contributed by atoms with van der Waals surface area (Å²) in [5, 5.41) is 0.315. The molecule has 0 amide bonds. The minimum absolute atomic E-state index is 0.315. The van der Waals surface area contributed by atoms with Crippen molar-refractivity contribution >= 4 is 11.6 Å². The van der Waals surface area contributed by atoms with Gasteiger partial charge in [0.1, 0.15) is 5.75 Å². The van der Waals surface area contributed by atoms with Gasteiger partial charge >= 0.3 is 0 Å². The van der Waals surface area contributed by atoms with E-state index in [2.05, 4.69) is 30.7 Å². The summed E-state index contributed by atoms with van der Waals surface area (Å²) in [6.45, 7) is 7.50. The normalized spacial score (nSPS) is 13.1. The van der Waals surface area contributed by atoms with Gasteiger partial charge in [-0.2, -0.15) is 0 Å². The van der Waals surface area contributed by atoms with Crippen molar-refractivity contribution in [3.8, 4) is 17.1 Å². The molecular formula is C30H47ClN2O. The van der Waals surface area contributed by atoms with Crippen LogP contribution in [0, 0.1) is 5.92 Å². The van der Waals surface area contributed by atoms with Gasteiger partial charge in [0, 0.05) is 23.3 Å². The molecule has 2 atom stereocenters. The fourth-order valence-electron chi connectivity index (χ4n) is 4.40. The molecule has 0 saturated carbocycles. The lowest BCUT2D eigenvalue weighted by molar-refractivity contribution is 0.291. The highest BCUT2D eigenvalue weighted by Gasteiger charge is 2.10. The summed E-state index contributed by atoms with van der Waals surface area (Å²) in [7, 11) is 0. The molecule has 1 aromatic carbocycles. The first-order valence-corrected chi connectivity index (χ1v) is 14.2.